The fourth-order valence-electron chi connectivity index (χ4n) is 1.72. The van der Waals surface area contributed by atoms with Crippen molar-refractivity contribution >= 4 is 0 Å². The van der Waals surface area contributed by atoms with E-state index in [1.807, 2.05) is 38.2 Å². The van der Waals surface area contributed by atoms with Crippen LogP contribution in [0.25, 0.3) is 0 Å². The molecule has 0 bridgehead atoms. The van der Waals surface area contributed by atoms with Gasteiger partial charge in [0.25, 0.3) is 0 Å². The second-order valence-corrected chi connectivity index (χ2v) is 4.41. The van der Waals surface area contributed by atoms with Crippen LogP contribution in [0.3, 0.4) is 0 Å². The molecule has 0 aromatic heterocycles. The first-order chi connectivity index (χ1) is 8.77. The normalized spacial score (nSPS) is 12.2. The summed E-state index contributed by atoms with van der Waals surface area (Å²) in [6.45, 7) is 5.60. The topological polar surface area (TPSA) is 30.5 Å². The molecule has 18 heavy (non-hydrogen) atoms. The smallest absolute Gasteiger partial charge is 0.161 e. The molecule has 1 aromatic carbocycles. The van der Waals surface area contributed by atoms with Gasteiger partial charge in [0.05, 0.1) is 13.2 Å². The maximum atomic E-state index is 5.76. The maximum Gasteiger partial charge on any atom is 0.161 e. The Morgan fingerprint density at radius 1 is 1.11 bits per heavy atom. The van der Waals surface area contributed by atoms with E-state index < -0.39 is 0 Å². The van der Waals surface area contributed by atoms with E-state index in [-0.39, 0.29) is 0 Å². The Labute approximate surface area is 110 Å². The van der Waals surface area contributed by atoms with Crippen molar-refractivity contribution in [2.45, 2.75) is 39.2 Å². The van der Waals surface area contributed by atoms with Crippen LogP contribution in [0.15, 0.2) is 24.3 Å². The lowest BCUT2D eigenvalue weighted by Crippen LogP contribution is -2.20. The van der Waals surface area contributed by atoms with Crippen molar-refractivity contribution in [1.82, 2.24) is 5.32 Å². The standard InChI is InChI=1S/C15H25NO2/c1-4-17-14-10-5-6-11-15(14)18-12-8-7-9-13(2)16-3/h5-6,10-11,13,16H,4,7-9,12H2,1-3H3. The Bertz CT molecular complexity index is 328. The number of unbranched alkanes of at least 4 members (excludes halogenated alkanes) is 1. The molecular weight excluding hydrogens is 226 g/mol. The molecule has 3 nitrogen and oxygen atoms in total. The molecule has 3 heteroatoms. The minimum absolute atomic E-state index is 0.584. The lowest BCUT2D eigenvalue weighted by atomic mass is 10.1. The Hall–Kier alpha value is -1.22. The fourth-order valence-corrected chi connectivity index (χ4v) is 1.72. The Morgan fingerprint density at radius 3 is 2.39 bits per heavy atom. The number of nitrogens with one attached hydrogen (secondary N) is 1. The molecule has 0 saturated carbocycles. The molecule has 1 N–H and O–H groups in total. The second-order valence-electron chi connectivity index (χ2n) is 4.41. The summed E-state index contributed by atoms with van der Waals surface area (Å²) in [6.07, 6.45) is 3.44. The monoisotopic (exact) mass is 251 g/mol. The molecule has 1 aromatic rings. The van der Waals surface area contributed by atoms with Crippen LogP contribution in [0.4, 0.5) is 0 Å². The van der Waals surface area contributed by atoms with Crippen LogP contribution >= 0.6 is 0 Å². The first-order valence-electron chi connectivity index (χ1n) is 6.79. The molecule has 0 fully saturated rings. The van der Waals surface area contributed by atoms with Gasteiger partial charge in [0.1, 0.15) is 0 Å². The average Bonchev–Trinajstić information content (AvgIpc) is 2.40. The molecule has 0 aliphatic carbocycles. The lowest BCUT2D eigenvalue weighted by molar-refractivity contribution is 0.269. The van der Waals surface area contributed by atoms with E-state index in [0.717, 1.165) is 24.5 Å². The van der Waals surface area contributed by atoms with E-state index in [0.29, 0.717) is 12.6 Å². The fraction of sp³-hybridized carbons (Fsp3) is 0.600. The van der Waals surface area contributed by atoms with Gasteiger partial charge in [-0.1, -0.05) is 12.1 Å². The molecule has 0 saturated heterocycles. The van der Waals surface area contributed by atoms with Gasteiger partial charge in [-0.2, -0.15) is 0 Å². The minimum Gasteiger partial charge on any atom is -0.490 e. The highest BCUT2D eigenvalue weighted by Gasteiger charge is 2.03. The van der Waals surface area contributed by atoms with Crippen LogP contribution in [0.5, 0.6) is 11.5 Å². The summed E-state index contributed by atoms with van der Waals surface area (Å²) < 4.78 is 11.3. The van der Waals surface area contributed by atoms with Crippen molar-refractivity contribution in [1.29, 1.82) is 0 Å². The highest BCUT2D eigenvalue weighted by molar-refractivity contribution is 5.39. The molecule has 102 valence electrons. The number of hydrogen-bond acceptors (Lipinski definition) is 3. The van der Waals surface area contributed by atoms with Gasteiger partial charge in [0.2, 0.25) is 0 Å². The van der Waals surface area contributed by atoms with Gasteiger partial charge in [0.15, 0.2) is 11.5 Å². The summed E-state index contributed by atoms with van der Waals surface area (Å²) in [6, 6.07) is 8.43. The van der Waals surface area contributed by atoms with Gasteiger partial charge in [0, 0.05) is 6.04 Å². The van der Waals surface area contributed by atoms with Crippen molar-refractivity contribution in [3.8, 4) is 11.5 Å². The van der Waals surface area contributed by atoms with Crippen molar-refractivity contribution in [2.24, 2.45) is 0 Å². The van der Waals surface area contributed by atoms with Crippen LogP contribution < -0.4 is 14.8 Å². The number of benzene rings is 1. The van der Waals surface area contributed by atoms with E-state index in [2.05, 4.69) is 12.2 Å². The molecule has 1 atom stereocenters. The summed E-state index contributed by atoms with van der Waals surface area (Å²) >= 11 is 0. The summed E-state index contributed by atoms with van der Waals surface area (Å²) in [5.41, 5.74) is 0. The number of rotatable bonds is 9. The summed E-state index contributed by atoms with van der Waals surface area (Å²) in [5, 5.41) is 3.24. The molecule has 0 amide bonds. The van der Waals surface area contributed by atoms with Gasteiger partial charge < -0.3 is 14.8 Å². The van der Waals surface area contributed by atoms with Crippen LogP contribution in [0, 0.1) is 0 Å². The molecular formula is C15H25NO2. The first kappa shape index (κ1) is 14.8. The zero-order chi connectivity index (χ0) is 13.2. The van der Waals surface area contributed by atoms with Gasteiger partial charge in [-0.25, -0.2) is 0 Å². The quantitative estimate of drug-likeness (QED) is 0.683. The molecule has 0 radical (unpaired) electrons. The molecule has 0 aliphatic rings. The Morgan fingerprint density at radius 2 is 1.78 bits per heavy atom. The maximum absolute atomic E-state index is 5.76. The van der Waals surface area contributed by atoms with Crippen LogP contribution in [-0.4, -0.2) is 26.3 Å². The zero-order valence-corrected chi connectivity index (χ0v) is 11.7. The Kier molecular flexibility index (Phi) is 7.26. The summed E-state index contributed by atoms with van der Waals surface area (Å²) in [5.74, 6) is 1.68. The molecule has 0 heterocycles. The molecule has 1 unspecified atom stereocenters. The van der Waals surface area contributed by atoms with Crippen molar-refractivity contribution in [3.63, 3.8) is 0 Å². The van der Waals surface area contributed by atoms with Crippen molar-refractivity contribution < 1.29 is 9.47 Å². The van der Waals surface area contributed by atoms with Crippen LogP contribution in [0.1, 0.15) is 33.1 Å². The third-order valence-corrected chi connectivity index (χ3v) is 2.93. The number of para-hydroxylation sites is 2. The summed E-state index contributed by atoms with van der Waals surface area (Å²) in [4.78, 5) is 0. The van der Waals surface area contributed by atoms with Gasteiger partial charge in [-0.3, -0.25) is 0 Å². The first-order valence-corrected chi connectivity index (χ1v) is 6.79. The van der Waals surface area contributed by atoms with Crippen LogP contribution in [-0.2, 0) is 0 Å². The highest BCUT2D eigenvalue weighted by Crippen LogP contribution is 2.26. The van der Waals surface area contributed by atoms with Crippen molar-refractivity contribution in [2.75, 3.05) is 20.3 Å². The number of ether oxygens (including phenoxy) is 2. The van der Waals surface area contributed by atoms with E-state index in [1.54, 1.807) is 0 Å². The second kappa shape index (κ2) is 8.81. The van der Waals surface area contributed by atoms with Gasteiger partial charge in [-0.05, 0) is 52.3 Å². The van der Waals surface area contributed by atoms with E-state index in [4.69, 9.17) is 9.47 Å². The summed E-state index contributed by atoms with van der Waals surface area (Å²) in [7, 11) is 2.00. The predicted octanol–water partition coefficient (Wildman–Crippen LogP) is 3.24. The molecule has 0 spiro atoms. The van der Waals surface area contributed by atoms with Gasteiger partial charge >= 0.3 is 0 Å². The zero-order valence-electron chi connectivity index (χ0n) is 11.7. The van der Waals surface area contributed by atoms with Gasteiger partial charge in [-0.15, -0.1) is 0 Å². The SMILES string of the molecule is CCOc1ccccc1OCCCCC(C)NC. The third kappa shape index (κ3) is 5.41. The lowest BCUT2D eigenvalue weighted by Gasteiger charge is -2.12. The van der Waals surface area contributed by atoms with E-state index in [9.17, 15) is 0 Å². The molecule has 1 rings (SSSR count). The number of hydrogen-bond donors (Lipinski definition) is 1. The van der Waals surface area contributed by atoms with E-state index >= 15 is 0 Å². The molecule has 0 aliphatic heterocycles. The highest BCUT2D eigenvalue weighted by atomic mass is 16.5. The third-order valence-electron chi connectivity index (χ3n) is 2.93. The Balaban J connectivity index is 2.26. The largest absolute Gasteiger partial charge is 0.490 e. The van der Waals surface area contributed by atoms with E-state index in [1.165, 1.54) is 12.8 Å². The van der Waals surface area contributed by atoms with Crippen LogP contribution in [0.2, 0.25) is 0 Å². The predicted molar refractivity (Wildman–Crippen MR) is 75.5 cm³/mol. The average molecular weight is 251 g/mol. The van der Waals surface area contributed by atoms with Crippen molar-refractivity contribution in [3.05, 3.63) is 24.3 Å². The minimum atomic E-state index is 0.584.